The van der Waals surface area contributed by atoms with Crippen molar-refractivity contribution in [3.8, 4) is 0 Å². The molecule has 5 heteroatoms. The lowest BCUT2D eigenvalue weighted by Gasteiger charge is -2.17. The summed E-state index contributed by atoms with van der Waals surface area (Å²) in [5, 5.41) is 6.88. The highest BCUT2D eigenvalue weighted by Crippen LogP contribution is 2.08. The first-order chi connectivity index (χ1) is 9.88. The molecule has 1 aromatic rings. The van der Waals surface area contributed by atoms with E-state index in [9.17, 15) is 0 Å². The molecule has 0 bridgehead atoms. The summed E-state index contributed by atoms with van der Waals surface area (Å²) in [6.45, 7) is 1.68. The number of rotatable bonds is 7. The van der Waals surface area contributed by atoms with Gasteiger partial charge in [0.15, 0.2) is 5.96 Å². The van der Waals surface area contributed by atoms with Gasteiger partial charge >= 0.3 is 0 Å². The van der Waals surface area contributed by atoms with Gasteiger partial charge in [-0.1, -0.05) is 12.2 Å². The Hall–Kier alpha value is -1.36. The molecule has 4 nitrogen and oxygen atoms in total. The van der Waals surface area contributed by atoms with Crippen molar-refractivity contribution in [3.63, 3.8) is 0 Å². The standard InChI is InChI=1S/C15H23N3OS/c1-20-12-10-17-15(18-13-5-2-3-6-13)16-9-8-14-7-4-11-19-14/h2-4,7,11,13H,5-6,8-10,12H2,1H3,(H2,16,17,18). The van der Waals surface area contributed by atoms with Crippen LogP contribution in [0.4, 0.5) is 0 Å². The molecule has 1 aliphatic rings. The molecule has 0 atom stereocenters. The van der Waals surface area contributed by atoms with Crippen molar-refractivity contribution in [1.82, 2.24) is 10.6 Å². The van der Waals surface area contributed by atoms with Crippen LogP contribution in [0, 0.1) is 0 Å². The average Bonchev–Trinajstić information content (AvgIpc) is 3.12. The van der Waals surface area contributed by atoms with Crippen molar-refractivity contribution >= 4 is 17.7 Å². The molecule has 1 heterocycles. The van der Waals surface area contributed by atoms with Crippen LogP contribution in [0.25, 0.3) is 0 Å². The fourth-order valence-electron chi connectivity index (χ4n) is 2.09. The topological polar surface area (TPSA) is 49.6 Å². The molecule has 2 N–H and O–H groups in total. The van der Waals surface area contributed by atoms with Gasteiger partial charge in [-0.2, -0.15) is 11.8 Å². The van der Waals surface area contributed by atoms with Gasteiger partial charge in [0, 0.05) is 24.8 Å². The molecule has 0 aliphatic heterocycles. The molecule has 0 spiro atoms. The Kier molecular flexibility index (Phi) is 6.57. The predicted octanol–water partition coefficient (Wildman–Crippen LogP) is 2.44. The highest BCUT2D eigenvalue weighted by Gasteiger charge is 2.11. The van der Waals surface area contributed by atoms with Crippen molar-refractivity contribution in [2.45, 2.75) is 25.3 Å². The van der Waals surface area contributed by atoms with E-state index >= 15 is 0 Å². The summed E-state index contributed by atoms with van der Waals surface area (Å²) in [5.41, 5.74) is 0. The highest BCUT2D eigenvalue weighted by atomic mass is 32.2. The first-order valence-corrected chi connectivity index (χ1v) is 8.49. The number of hydrogen-bond donors (Lipinski definition) is 2. The van der Waals surface area contributed by atoms with E-state index in [-0.39, 0.29) is 0 Å². The van der Waals surface area contributed by atoms with Crippen molar-refractivity contribution in [2.24, 2.45) is 4.99 Å². The lowest BCUT2D eigenvalue weighted by Crippen LogP contribution is -2.43. The number of hydrogen-bond acceptors (Lipinski definition) is 3. The summed E-state index contributed by atoms with van der Waals surface area (Å²) in [5.74, 6) is 2.97. The zero-order valence-corrected chi connectivity index (χ0v) is 12.8. The minimum atomic E-state index is 0.485. The molecule has 0 fully saturated rings. The third-order valence-electron chi connectivity index (χ3n) is 3.16. The molecular weight excluding hydrogens is 270 g/mol. The van der Waals surface area contributed by atoms with Crippen LogP contribution in [0.2, 0.25) is 0 Å². The smallest absolute Gasteiger partial charge is 0.191 e. The van der Waals surface area contributed by atoms with E-state index in [1.807, 2.05) is 23.9 Å². The number of nitrogens with one attached hydrogen (secondary N) is 2. The van der Waals surface area contributed by atoms with Gasteiger partial charge in [0.25, 0.3) is 0 Å². The second-order valence-corrected chi connectivity index (χ2v) is 5.75. The Labute approximate surface area is 125 Å². The molecule has 0 aromatic carbocycles. The zero-order valence-electron chi connectivity index (χ0n) is 12.0. The van der Waals surface area contributed by atoms with E-state index in [0.717, 1.165) is 49.8 Å². The summed E-state index contributed by atoms with van der Waals surface area (Å²) in [7, 11) is 0. The molecule has 2 rings (SSSR count). The maximum atomic E-state index is 5.33. The quantitative estimate of drug-likeness (QED) is 0.351. The Balaban J connectivity index is 1.76. The maximum Gasteiger partial charge on any atom is 0.191 e. The van der Waals surface area contributed by atoms with E-state index in [1.54, 1.807) is 6.26 Å². The second-order valence-electron chi connectivity index (χ2n) is 4.76. The van der Waals surface area contributed by atoms with Crippen molar-refractivity contribution < 1.29 is 4.42 Å². The van der Waals surface area contributed by atoms with Gasteiger partial charge in [-0.05, 0) is 31.2 Å². The van der Waals surface area contributed by atoms with E-state index < -0.39 is 0 Å². The first-order valence-electron chi connectivity index (χ1n) is 7.09. The molecule has 0 saturated heterocycles. The molecule has 0 saturated carbocycles. The average molecular weight is 293 g/mol. The van der Waals surface area contributed by atoms with Gasteiger partial charge in [0.1, 0.15) is 5.76 Å². The van der Waals surface area contributed by atoms with Gasteiger partial charge in [0.2, 0.25) is 0 Å². The van der Waals surface area contributed by atoms with E-state index in [1.165, 1.54) is 0 Å². The van der Waals surface area contributed by atoms with Crippen LogP contribution in [-0.2, 0) is 6.42 Å². The Morgan fingerprint density at radius 2 is 2.30 bits per heavy atom. The van der Waals surface area contributed by atoms with Crippen molar-refractivity contribution in [1.29, 1.82) is 0 Å². The van der Waals surface area contributed by atoms with Crippen LogP contribution < -0.4 is 10.6 Å². The number of furan rings is 1. The molecule has 0 radical (unpaired) electrons. The third-order valence-corrected chi connectivity index (χ3v) is 3.75. The van der Waals surface area contributed by atoms with Gasteiger partial charge in [-0.3, -0.25) is 4.99 Å². The molecule has 20 heavy (non-hydrogen) atoms. The van der Waals surface area contributed by atoms with Crippen LogP contribution in [0.3, 0.4) is 0 Å². The minimum Gasteiger partial charge on any atom is -0.469 e. The number of thioether (sulfide) groups is 1. The normalized spacial score (nSPS) is 15.8. The van der Waals surface area contributed by atoms with E-state index in [0.29, 0.717) is 6.04 Å². The van der Waals surface area contributed by atoms with Crippen molar-refractivity contribution in [2.75, 3.05) is 25.1 Å². The largest absolute Gasteiger partial charge is 0.469 e. The molecule has 0 amide bonds. The lowest BCUT2D eigenvalue weighted by atomic mass is 10.2. The van der Waals surface area contributed by atoms with Crippen molar-refractivity contribution in [3.05, 3.63) is 36.3 Å². The fourth-order valence-corrected chi connectivity index (χ4v) is 2.36. The molecule has 1 aliphatic carbocycles. The molecule has 0 unspecified atom stereocenters. The molecular formula is C15H23N3OS. The highest BCUT2D eigenvalue weighted by molar-refractivity contribution is 7.98. The summed E-state index contributed by atoms with van der Waals surface area (Å²) in [6, 6.07) is 4.41. The van der Waals surface area contributed by atoms with Crippen LogP contribution in [-0.4, -0.2) is 37.1 Å². The minimum absolute atomic E-state index is 0.485. The summed E-state index contributed by atoms with van der Waals surface area (Å²) in [6.07, 6.45) is 11.3. The van der Waals surface area contributed by atoms with Gasteiger partial charge in [0.05, 0.1) is 12.8 Å². The van der Waals surface area contributed by atoms with Crippen LogP contribution in [0.5, 0.6) is 0 Å². The fraction of sp³-hybridized carbons (Fsp3) is 0.533. The predicted molar refractivity (Wildman–Crippen MR) is 86.4 cm³/mol. The Morgan fingerprint density at radius 1 is 1.45 bits per heavy atom. The zero-order chi connectivity index (χ0) is 14.0. The van der Waals surface area contributed by atoms with Gasteiger partial charge in [-0.25, -0.2) is 0 Å². The number of aliphatic imine (C=N–C) groups is 1. The monoisotopic (exact) mass is 293 g/mol. The second kappa shape index (κ2) is 8.74. The van der Waals surface area contributed by atoms with E-state index in [2.05, 4.69) is 34.0 Å². The Morgan fingerprint density at radius 3 is 3.00 bits per heavy atom. The third kappa shape index (κ3) is 5.33. The number of nitrogens with zero attached hydrogens (tertiary/aromatic N) is 1. The summed E-state index contributed by atoms with van der Waals surface area (Å²) in [4.78, 5) is 4.61. The van der Waals surface area contributed by atoms with Crippen LogP contribution >= 0.6 is 11.8 Å². The summed E-state index contributed by atoms with van der Waals surface area (Å²) < 4.78 is 5.33. The SMILES string of the molecule is CSCCN=C(NCCc1ccco1)NC1CC=CC1. The Bertz CT molecular complexity index is 420. The number of guanidine groups is 1. The van der Waals surface area contributed by atoms with Crippen LogP contribution in [0.1, 0.15) is 18.6 Å². The van der Waals surface area contributed by atoms with Gasteiger partial charge in [-0.15, -0.1) is 0 Å². The molecule has 1 aromatic heterocycles. The summed E-state index contributed by atoms with van der Waals surface area (Å²) >= 11 is 1.82. The lowest BCUT2D eigenvalue weighted by molar-refractivity contribution is 0.506. The van der Waals surface area contributed by atoms with E-state index in [4.69, 9.17) is 4.42 Å². The molecule has 110 valence electrons. The maximum absolute atomic E-state index is 5.33. The van der Waals surface area contributed by atoms with Crippen LogP contribution in [0.15, 0.2) is 40.0 Å². The van der Waals surface area contributed by atoms with Gasteiger partial charge < -0.3 is 15.1 Å². The first kappa shape index (κ1) is 15.0.